The van der Waals surface area contributed by atoms with E-state index in [0.29, 0.717) is 6.04 Å². The normalized spacial score (nSPS) is 19.8. The summed E-state index contributed by atoms with van der Waals surface area (Å²) in [4.78, 5) is 2.44. The second-order valence-electron chi connectivity index (χ2n) is 5.26. The van der Waals surface area contributed by atoms with Gasteiger partial charge in [-0.25, -0.2) is 0 Å². The van der Waals surface area contributed by atoms with Crippen LogP contribution in [-0.4, -0.2) is 25.7 Å². The molecule has 1 N–H and O–H groups in total. The molecule has 1 aliphatic heterocycles. The van der Waals surface area contributed by atoms with Crippen LogP contribution in [0.15, 0.2) is 22.7 Å². The minimum absolute atomic E-state index is 0.571. The van der Waals surface area contributed by atoms with E-state index in [1.54, 1.807) is 0 Å². The summed E-state index contributed by atoms with van der Waals surface area (Å²) in [5.41, 5.74) is 1.26. The fourth-order valence-electron chi connectivity index (χ4n) is 2.36. The van der Waals surface area contributed by atoms with Gasteiger partial charge in [-0.3, -0.25) is 0 Å². The van der Waals surface area contributed by atoms with Gasteiger partial charge in [-0.2, -0.15) is 0 Å². The van der Waals surface area contributed by atoms with E-state index >= 15 is 0 Å². The number of rotatable bonds is 4. The number of anilines is 1. The molecule has 0 saturated carbocycles. The molecule has 0 amide bonds. The van der Waals surface area contributed by atoms with E-state index in [0.717, 1.165) is 35.0 Å². The molecule has 0 radical (unpaired) electrons. The van der Waals surface area contributed by atoms with Gasteiger partial charge in [0.25, 0.3) is 0 Å². The molecule has 1 heterocycles. The summed E-state index contributed by atoms with van der Waals surface area (Å²) in [6.07, 6.45) is 1.26. The fourth-order valence-corrected chi connectivity index (χ4v) is 3.29. The molecule has 1 atom stereocenters. The van der Waals surface area contributed by atoms with Crippen LogP contribution in [0.2, 0.25) is 5.02 Å². The minimum Gasteiger partial charge on any atom is -0.370 e. The zero-order chi connectivity index (χ0) is 13.1. The average Bonchev–Trinajstić information content (AvgIpc) is 2.75. The van der Waals surface area contributed by atoms with Gasteiger partial charge in [0, 0.05) is 28.6 Å². The number of hydrogen-bond donors (Lipinski definition) is 1. The van der Waals surface area contributed by atoms with E-state index in [4.69, 9.17) is 11.6 Å². The Labute approximate surface area is 123 Å². The van der Waals surface area contributed by atoms with Crippen molar-refractivity contribution in [3.8, 4) is 0 Å². The standard InChI is InChI=1S/C14H20BrClN2/c1-10(2)17-8-11-5-6-18(9-11)14-4-3-12(16)7-13(14)15/h3-4,7,10-11,17H,5-6,8-9H2,1-2H3. The van der Waals surface area contributed by atoms with Gasteiger partial charge < -0.3 is 10.2 Å². The lowest BCUT2D eigenvalue weighted by molar-refractivity contribution is 0.480. The van der Waals surface area contributed by atoms with Crippen LogP contribution in [0, 0.1) is 5.92 Å². The molecular formula is C14H20BrClN2. The van der Waals surface area contributed by atoms with Crippen molar-refractivity contribution in [3.63, 3.8) is 0 Å². The summed E-state index contributed by atoms with van der Waals surface area (Å²) in [7, 11) is 0. The topological polar surface area (TPSA) is 15.3 Å². The van der Waals surface area contributed by atoms with Crippen LogP contribution >= 0.6 is 27.5 Å². The molecule has 4 heteroatoms. The number of nitrogens with one attached hydrogen (secondary N) is 1. The molecule has 1 aliphatic rings. The summed E-state index contributed by atoms with van der Waals surface area (Å²) in [6, 6.07) is 6.60. The Kier molecular flexibility index (Phi) is 4.93. The summed E-state index contributed by atoms with van der Waals surface area (Å²) in [6.45, 7) is 7.76. The average molecular weight is 332 g/mol. The zero-order valence-corrected chi connectivity index (χ0v) is 13.3. The Morgan fingerprint density at radius 3 is 2.94 bits per heavy atom. The molecule has 1 saturated heterocycles. The molecule has 2 rings (SSSR count). The number of hydrogen-bond acceptors (Lipinski definition) is 2. The van der Waals surface area contributed by atoms with Crippen LogP contribution in [0.25, 0.3) is 0 Å². The minimum atomic E-state index is 0.571. The van der Waals surface area contributed by atoms with Crippen molar-refractivity contribution in [1.82, 2.24) is 5.32 Å². The Morgan fingerprint density at radius 1 is 1.50 bits per heavy atom. The fraction of sp³-hybridized carbons (Fsp3) is 0.571. The van der Waals surface area contributed by atoms with Gasteiger partial charge >= 0.3 is 0 Å². The van der Waals surface area contributed by atoms with Gasteiger partial charge in [0.05, 0.1) is 5.69 Å². The second-order valence-corrected chi connectivity index (χ2v) is 6.55. The first-order chi connectivity index (χ1) is 8.56. The second kappa shape index (κ2) is 6.27. The van der Waals surface area contributed by atoms with Crippen LogP contribution in [0.1, 0.15) is 20.3 Å². The highest BCUT2D eigenvalue weighted by Crippen LogP contribution is 2.32. The molecule has 0 aliphatic carbocycles. The van der Waals surface area contributed by atoms with Crippen LogP contribution in [0.5, 0.6) is 0 Å². The van der Waals surface area contributed by atoms with Crippen molar-refractivity contribution in [2.24, 2.45) is 5.92 Å². The van der Waals surface area contributed by atoms with Crippen molar-refractivity contribution >= 4 is 33.2 Å². The van der Waals surface area contributed by atoms with Gasteiger partial charge in [0.2, 0.25) is 0 Å². The molecule has 1 fully saturated rings. The van der Waals surface area contributed by atoms with E-state index in [1.165, 1.54) is 12.1 Å². The monoisotopic (exact) mass is 330 g/mol. The molecule has 1 aromatic carbocycles. The Hall–Kier alpha value is -0.250. The number of nitrogens with zero attached hydrogens (tertiary/aromatic N) is 1. The van der Waals surface area contributed by atoms with Crippen molar-refractivity contribution in [3.05, 3.63) is 27.7 Å². The molecule has 0 spiro atoms. The largest absolute Gasteiger partial charge is 0.370 e. The van der Waals surface area contributed by atoms with Crippen molar-refractivity contribution < 1.29 is 0 Å². The predicted octanol–water partition coefficient (Wildman–Crippen LogP) is 3.93. The number of halogens is 2. The van der Waals surface area contributed by atoms with Gasteiger partial charge in [-0.1, -0.05) is 25.4 Å². The lowest BCUT2D eigenvalue weighted by atomic mass is 10.1. The molecule has 1 aromatic rings. The lowest BCUT2D eigenvalue weighted by Gasteiger charge is -2.21. The van der Waals surface area contributed by atoms with Crippen molar-refractivity contribution in [2.45, 2.75) is 26.3 Å². The maximum Gasteiger partial charge on any atom is 0.0511 e. The summed E-state index contributed by atoms with van der Waals surface area (Å²) >= 11 is 9.58. The number of benzene rings is 1. The lowest BCUT2D eigenvalue weighted by Crippen LogP contribution is -2.30. The van der Waals surface area contributed by atoms with Gasteiger partial charge in [-0.15, -0.1) is 0 Å². The van der Waals surface area contributed by atoms with Crippen molar-refractivity contribution in [1.29, 1.82) is 0 Å². The van der Waals surface area contributed by atoms with E-state index < -0.39 is 0 Å². The Morgan fingerprint density at radius 2 is 2.28 bits per heavy atom. The highest BCUT2D eigenvalue weighted by molar-refractivity contribution is 9.10. The Bertz CT molecular complexity index is 409. The van der Waals surface area contributed by atoms with Gasteiger partial charge in [-0.05, 0) is 53.0 Å². The molecule has 0 aromatic heterocycles. The first-order valence-electron chi connectivity index (χ1n) is 6.49. The maximum absolute atomic E-state index is 5.98. The SMILES string of the molecule is CC(C)NCC1CCN(c2ccc(Cl)cc2Br)C1. The third-order valence-corrected chi connectivity index (χ3v) is 4.22. The van der Waals surface area contributed by atoms with Gasteiger partial charge in [0.15, 0.2) is 0 Å². The smallest absolute Gasteiger partial charge is 0.0511 e. The maximum atomic E-state index is 5.98. The van der Waals surface area contributed by atoms with Crippen LogP contribution in [-0.2, 0) is 0 Å². The van der Waals surface area contributed by atoms with E-state index in [-0.39, 0.29) is 0 Å². The molecule has 100 valence electrons. The van der Waals surface area contributed by atoms with Crippen LogP contribution < -0.4 is 10.2 Å². The van der Waals surface area contributed by atoms with E-state index in [2.05, 4.69) is 46.1 Å². The first kappa shape index (κ1) is 14.2. The van der Waals surface area contributed by atoms with Gasteiger partial charge in [0.1, 0.15) is 0 Å². The molecule has 1 unspecified atom stereocenters. The summed E-state index contributed by atoms with van der Waals surface area (Å²) in [5, 5.41) is 4.30. The molecule has 18 heavy (non-hydrogen) atoms. The molecule has 2 nitrogen and oxygen atoms in total. The third-order valence-electron chi connectivity index (χ3n) is 3.35. The molecular weight excluding hydrogens is 312 g/mol. The van der Waals surface area contributed by atoms with E-state index in [9.17, 15) is 0 Å². The molecule has 0 bridgehead atoms. The van der Waals surface area contributed by atoms with Crippen molar-refractivity contribution in [2.75, 3.05) is 24.5 Å². The third kappa shape index (κ3) is 3.62. The Balaban J connectivity index is 1.95. The predicted molar refractivity (Wildman–Crippen MR) is 82.6 cm³/mol. The quantitative estimate of drug-likeness (QED) is 0.899. The summed E-state index contributed by atoms with van der Waals surface area (Å²) in [5.74, 6) is 0.745. The summed E-state index contributed by atoms with van der Waals surface area (Å²) < 4.78 is 1.09. The van der Waals surface area contributed by atoms with Crippen LogP contribution in [0.3, 0.4) is 0 Å². The van der Waals surface area contributed by atoms with Crippen LogP contribution in [0.4, 0.5) is 5.69 Å². The highest BCUT2D eigenvalue weighted by Gasteiger charge is 2.23. The van der Waals surface area contributed by atoms with E-state index in [1.807, 2.05) is 12.1 Å². The highest BCUT2D eigenvalue weighted by atomic mass is 79.9. The first-order valence-corrected chi connectivity index (χ1v) is 7.66. The zero-order valence-electron chi connectivity index (χ0n) is 10.9.